The maximum Gasteiger partial charge on any atom is 0.305 e. The number of carbonyl (C=O) groups is 2. The molecule has 1 amide bonds. The third-order valence-corrected chi connectivity index (χ3v) is 6.85. The second-order valence-corrected chi connectivity index (χ2v) is 10.6. The lowest BCUT2D eigenvalue weighted by Crippen LogP contribution is -2.52. The lowest BCUT2D eigenvalue weighted by Gasteiger charge is -2.39. The van der Waals surface area contributed by atoms with E-state index in [0.29, 0.717) is 34.1 Å². The molecule has 3 N–H and O–H groups in total. The number of hydrogen-bond acceptors (Lipinski definition) is 8. The summed E-state index contributed by atoms with van der Waals surface area (Å²) in [6, 6.07) is 12.8. The van der Waals surface area contributed by atoms with Crippen LogP contribution in [0.2, 0.25) is 0 Å². The Bertz CT molecular complexity index is 1470. The first-order chi connectivity index (χ1) is 19.3. The number of carbonyl (C=O) groups excluding carboxylic acids is 2. The standard InChI is InChI=1S/C31H36FN3O6/c1-17-8-9-20(32)14-26(17)39-16-24-22(12-13-25-28(24)35(6)30(37)31(4,5)34-25)23-11-10-21(15-27(23)38-7)41-29(18(2)33)40-19(3)36/h8-15,18,29,34H,16,33H2,1-7H3. The Morgan fingerprint density at radius 2 is 1.80 bits per heavy atom. The van der Waals surface area contributed by atoms with E-state index in [1.54, 1.807) is 43.1 Å². The fourth-order valence-corrected chi connectivity index (χ4v) is 4.81. The molecule has 0 radical (unpaired) electrons. The number of anilines is 2. The van der Waals surface area contributed by atoms with Crippen molar-refractivity contribution in [2.45, 2.75) is 59.1 Å². The molecule has 0 saturated carbocycles. The molecule has 2 unspecified atom stereocenters. The summed E-state index contributed by atoms with van der Waals surface area (Å²) in [7, 11) is 3.25. The number of hydrogen-bond donors (Lipinski definition) is 2. The van der Waals surface area contributed by atoms with E-state index in [1.165, 1.54) is 26.2 Å². The molecule has 0 aliphatic carbocycles. The van der Waals surface area contributed by atoms with Crippen molar-refractivity contribution in [3.63, 3.8) is 0 Å². The van der Waals surface area contributed by atoms with E-state index < -0.39 is 29.7 Å². The van der Waals surface area contributed by atoms with Gasteiger partial charge in [-0.15, -0.1) is 0 Å². The largest absolute Gasteiger partial charge is 0.496 e. The van der Waals surface area contributed by atoms with Gasteiger partial charge in [0.15, 0.2) is 0 Å². The molecule has 0 aromatic heterocycles. The number of nitrogens with one attached hydrogen (secondary N) is 1. The number of benzene rings is 3. The van der Waals surface area contributed by atoms with Crippen molar-refractivity contribution in [2.24, 2.45) is 5.73 Å². The molecule has 2 atom stereocenters. The van der Waals surface area contributed by atoms with Crippen molar-refractivity contribution in [1.82, 2.24) is 0 Å². The number of halogens is 1. The molecule has 0 spiro atoms. The first-order valence-corrected chi connectivity index (χ1v) is 13.2. The van der Waals surface area contributed by atoms with Gasteiger partial charge in [-0.05, 0) is 63.1 Å². The lowest BCUT2D eigenvalue weighted by atomic mass is 9.91. The van der Waals surface area contributed by atoms with Crippen molar-refractivity contribution in [1.29, 1.82) is 0 Å². The van der Waals surface area contributed by atoms with E-state index >= 15 is 0 Å². The Morgan fingerprint density at radius 1 is 1.10 bits per heavy atom. The summed E-state index contributed by atoms with van der Waals surface area (Å²) in [5.41, 5.74) is 9.46. The van der Waals surface area contributed by atoms with Crippen LogP contribution in [0.4, 0.5) is 15.8 Å². The van der Waals surface area contributed by atoms with Crippen LogP contribution in [0, 0.1) is 12.7 Å². The van der Waals surface area contributed by atoms with Crippen LogP contribution in [-0.4, -0.2) is 43.9 Å². The number of ether oxygens (including phenoxy) is 4. The van der Waals surface area contributed by atoms with Gasteiger partial charge < -0.3 is 34.9 Å². The quantitative estimate of drug-likeness (QED) is 0.270. The highest BCUT2D eigenvalue weighted by Gasteiger charge is 2.39. The molecule has 10 heteroatoms. The molecule has 3 aromatic rings. The van der Waals surface area contributed by atoms with Crippen LogP contribution in [0.15, 0.2) is 48.5 Å². The number of rotatable bonds is 9. The highest BCUT2D eigenvalue weighted by molar-refractivity contribution is 6.08. The minimum atomic E-state index is -0.987. The van der Waals surface area contributed by atoms with E-state index in [4.69, 9.17) is 24.7 Å². The van der Waals surface area contributed by atoms with Gasteiger partial charge >= 0.3 is 5.97 Å². The first-order valence-electron chi connectivity index (χ1n) is 13.2. The van der Waals surface area contributed by atoms with E-state index in [-0.39, 0.29) is 12.5 Å². The van der Waals surface area contributed by atoms with Gasteiger partial charge in [-0.1, -0.05) is 12.1 Å². The zero-order chi connectivity index (χ0) is 30.1. The topological polar surface area (TPSA) is 112 Å². The second-order valence-electron chi connectivity index (χ2n) is 10.6. The van der Waals surface area contributed by atoms with Crippen LogP contribution in [-0.2, 0) is 20.9 Å². The molecule has 0 bridgehead atoms. The van der Waals surface area contributed by atoms with Crippen LogP contribution in [0.5, 0.6) is 17.2 Å². The van der Waals surface area contributed by atoms with Gasteiger partial charge in [0.2, 0.25) is 0 Å². The van der Waals surface area contributed by atoms with Crippen LogP contribution in [0.25, 0.3) is 11.1 Å². The fourth-order valence-electron chi connectivity index (χ4n) is 4.81. The molecule has 41 heavy (non-hydrogen) atoms. The molecule has 1 heterocycles. The third kappa shape index (κ3) is 6.22. The number of nitrogens with two attached hydrogens (primary N) is 1. The van der Waals surface area contributed by atoms with Crippen LogP contribution in [0.1, 0.15) is 38.8 Å². The number of nitrogens with zero attached hydrogens (tertiary/aromatic N) is 1. The van der Waals surface area contributed by atoms with Gasteiger partial charge in [-0.3, -0.25) is 9.59 Å². The molecule has 4 rings (SSSR count). The van der Waals surface area contributed by atoms with Crippen LogP contribution < -0.4 is 30.2 Å². The predicted molar refractivity (Wildman–Crippen MR) is 155 cm³/mol. The monoisotopic (exact) mass is 565 g/mol. The van der Waals surface area contributed by atoms with Gasteiger partial charge in [0, 0.05) is 37.2 Å². The van der Waals surface area contributed by atoms with Crippen molar-refractivity contribution in [2.75, 3.05) is 24.4 Å². The molecule has 0 fully saturated rings. The summed E-state index contributed by atoms with van der Waals surface area (Å²) in [5, 5.41) is 3.33. The third-order valence-electron chi connectivity index (χ3n) is 6.85. The number of amides is 1. The summed E-state index contributed by atoms with van der Waals surface area (Å²) in [6.07, 6.45) is -0.987. The molecule has 1 aliphatic rings. The number of aryl methyl sites for hydroxylation is 1. The number of esters is 1. The Balaban J connectivity index is 1.81. The van der Waals surface area contributed by atoms with Gasteiger partial charge in [-0.2, -0.15) is 0 Å². The smallest absolute Gasteiger partial charge is 0.305 e. The summed E-state index contributed by atoms with van der Waals surface area (Å²) in [6.45, 7) is 8.48. The molecule has 218 valence electrons. The second kappa shape index (κ2) is 11.7. The molecule has 3 aromatic carbocycles. The van der Waals surface area contributed by atoms with Crippen LogP contribution >= 0.6 is 0 Å². The van der Waals surface area contributed by atoms with Gasteiger partial charge in [0.05, 0.1) is 24.5 Å². The van der Waals surface area contributed by atoms with Crippen molar-refractivity contribution < 1.29 is 32.9 Å². The molecular formula is C31H36FN3O6. The maximum absolute atomic E-state index is 14.0. The number of fused-ring (bicyclic) bond motifs is 1. The minimum absolute atomic E-state index is 0.0448. The highest BCUT2D eigenvalue weighted by atomic mass is 19.1. The molecular weight excluding hydrogens is 529 g/mol. The fraction of sp³-hybridized carbons (Fsp3) is 0.355. The van der Waals surface area contributed by atoms with E-state index in [9.17, 15) is 14.0 Å². The Morgan fingerprint density at radius 3 is 2.46 bits per heavy atom. The van der Waals surface area contributed by atoms with E-state index in [1.807, 2.05) is 32.9 Å². The number of likely N-dealkylation sites (N-methyl/N-ethyl adjacent to an activating group) is 1. The summed E-state index contributed by atoms with van der Waals surface area (Å²) >= 11 is 0. The minimum Gasteiger partial charge on any atom is -0.496 e. The lowest BCUT2D eigenvalue weighted by molar-refractivity contribution is -0.163. The zero-order valence-corrected chi connectivity index (χ0v) is 24.3. The molecule has 1 aliphatic heterocycles. The first kappa shape index (κ1) is 29.7. The summed E-state index contributed by atoms with van der Waals surface area (Å²) in [4.78, 5) is 26.4. The zero-order valence-electron chi connectivity index (χ0n) is 24.3. The average Bonchev–Trinajstić information content (AvgIpc) is 2.91. The Labute approximate surface area is 239 Å². The Kier molecular flexibility index (Phi) is 8.44. The normalized spacial score (nSPS) is 15.3. The van der Waals surface area contributed by atoms with E-state index in [0.717, 1.165) is 16.8 Å². The predicted octanol–water partition coefficient (Wildman–Crippen LogP) is 5.17. The SMILES string of the molecule is COc1cc(OC(OC(C)=O)C(C)N)ccc1-c1ccc2c(c1COc1cc(F)ccc1C)N(C)C(=O)C(C)(C)N2. The molecule has 9 nitrogen and oxygen atoms in total. The Hall–Kier alpha value is -4.31. The maximum atomic E-state index is 14.0. The van der Waals surface area contributed by atoms with Crippen LogP contribution in [0.3, 0.4) is 0 Å². The summed E-state index contributed by atoms with van der Waals surface area (Å²) < 4.78 is 37.0. The van der Waals surface area contributed by atoms with E-state index in [2.05, 4.69) is 5.32 Å². The van der Waals surface area contributed by atoms with Crippen molar-refractivity contribution in [3.05, 3.63) is 65.5 Å². The number of methoxy groups -OCH3 is 1. The summed E-state index contributed by atoms with van der Waals surface area (Å²) in [5.74, 6) is 0.209. The molecule has 0 saturated heterocycles. The van der Waals surface area contributed by atoms with Crippen molar-refractivity contribution >= 4 is 23.3 Å². The highest BCUT2D eigenvalue weighted by Crippen LogP contribution is 2.45. The van der Waals surface area contributed by atoms with Crippen molar-refractivity contribution in [3.8, 4) is 28.4 Å². The van der Waals surface area contributed by atoms with Gasteiger partial charge in [-0.25, -0.2) is 4.39 Å². The van der Waals surface area contributed by atoms with Gasteiger partial charge in [0.1, 0.15) is 35.2 Å². The van der Waals surface area contributed by atoms with Gasteiger partial charge in [0.25, 0.3) is 12.2 Å². The average molecular weight is 566 g/mol.